The minimum atomic E-state index is -4.38. The quantitative estimate of drug-likeness (QED) is 0.906. The van der Waals surface area contributed by atoms with Crippen molar-refractivity contribution in [2.75, 3.05) is 13.7 Å². The van der Waals surface area contributed by atoms with Gasteiger partial charge in [0, 0.05) is 18.0 Å². The molecule has 3 rings (SSSR count). The number of methoxy groups -OCH3 is 1. The Labute approximate surface area is 136 Å². The van der Waals surface area contributed by atoms with E-state index in [9.17, 15) is 13.2 Å². The van der Waals surface area contributed by atoms with Crippen LogP contribution in [0.15, 0.2) is 36.4 Å². The van der Waals surface area contributed by atoms with Crippen molar-refractivity contribution in [2.24, 2.45) is 5.73 Å². The third-order valence-corrected chi connectivity index (χ3v) is 3.79. The number of hydrogen-bond acceptors (Lipinski definition) is 4. The van der Waals surface area contributed by atoms with E-state index >= 15 is 0 Å². The van der Waals surface area contributed by atoms with Crippen LogP contribution in [0.5, 0.6) is 23.0 Å². The summed E-state index contributed by atoms with van der Waals surface area (Å²) in [4.78, 5) is 0. The third-order valence-electron chi connectivity index (χ3n) is 3.79. The summed E-state index contributed by atoms with van der Waals surface area (Å²) in [5.41, 5.74) is 6.13. The first kappa shape index (κ1) is 16.4. The molecule has 1 heterocycles. The van der Waals surface area contributed by atoms with E-state index in [1.165, 1.54) is 19.2 Å². The molecule has 1 atom stereocenters. The Morgan fingerprint density at radius 1 is 1.12 bits per heavy atom. The smallest absolute Gasteiger partial charge is 0.416 e. The van der Waals surface area contributed by atoms with Gasteiger partial charge in [-0.1, -0.05) is 0 Å². The Morgan fingerprint density at radius 2 is 1.83 bits per heavy atom. The summed E-state index contributed by atoms with van der Waals surface area (Å²) in [7, 11) is 1.47. The molecule has 0 radical (unpaired) electrons. The van der Waals surface area contributed by atoms with Gasteiger partial charge in [0.25, 0.3) is 0 Å². The molecule has 0 spiro atoms. The van der Waals surface area contributed by atoms with E-state index in [0.29, 0.717) is 30.3 Å². The number of alkyl halides is 3. The second kappa shape index (κ2) is 6.24. The monoisotopic (exact) mass is 339 g/mol. The number of hydrogen-bond donors (Lipinski definition) is 1. The Bertz CT molecular complexity index is 729. The predicted octanol–water partition coefficient (Wildman–Crippen LogP) is 4.29. The molecule has 0 aliphatic carbocycles. The molecular formula is C17H16F3NO3. The molecule has 0 saturated heterocycles. The molecule has 0 bridgehead atoms. The fraction of sp³-hybridized carbons (Fsp3) is 0.294. The molecule has 0 aromatic heterocycles. The molecule has 1 unspecified atom stereocenters. The van der Waals surface area contributed by atoms with E-state index in [1.807, 2.05) is 0 Å². The number of fused-ring (bicyclic) bond motifs is 1. The summed E-state index contributed by atoms with van der Waals surface area (Å²) in [6, 6.07) is 7.75. The number of nitrogens with two attached hydrogens (primary N) is 1. The van der Waals surface area contributed by atoms with Crippen LogP contribution in [0.1, 0.15) is 23.6 Å². The van der Waals surface area contributed by atoms with E-state index in [0.717, 1.165) is 17.7 Å². The lowest BCUT2D eigenvalue weighted by Crippen LogP contribution is -2.21. The molecule has 7 heteroatoms. The molecule has 24 heavy (non-hydrogen) atoms. The normalized spacial score (nSPS) is 17.0. The van der Waals surface area contributed by atoms with Crippen molar-refractivity contribution < 1.29 is 27.4 Å². The summed E-state index contributed by atoms with van der Waals surface area (Å²) in [6.07, 6.45) is -3.68. The molecular weight excluding hydrogens is 323 g/mol. The first-order valence-electron chi connectivity index (χ1n) is 7.34. The molecule has 1 aliphatic heterocycles. The number of rotatable bonds is 3. The van der Waals surface area contributed by atoms with Crippen molar-refractivity contribution in [1.82, 2.24) is 0 Å². The molecule has 128 valence electrons. The van der Waals surface area contributed by atoms with Crippen LogP contribution in [-0.2, 0) is 6.18 Å². The highest BCUT2D eigenvalue weighted by Crippen LogP contribution is 2.46. The summed E-state index contributed by atoms with van der Waals surface area (Å²) < 4.78 is 54.4. The van der Waals surface area contributed by atoms with E-state index in [-0.39, 0.29) is 11.8 Å². The van der Waals surface area contributed by atoms with Crippen molar-refractivity contribution >= 4 is 0 Å². The summed E-state index contributed by atoms with van der Waals surface area (Å²) >= 11 is 0. The van der Waals surface area contributed by atoms with Crippen LogP contribution in [0, 0.1) is 0 Å². The van der Waals surface area contributed by atoms with Gasteiger partial charge in [-0.15, -0.1) is 0 Å². The largest absolute Gasteiger partial charge is 0.490 e. The number of halogens is 3. The molecule has 0 fully saturated rings. The maximum atomic E-state index is 12.6. The number of benzene rings is 2. The van der Waals surface area contributed by atoms with Crippen LogP contribution in [0.4, 0.5) is 13.2 Å². The Hall–Kier alpha value is -2.41. The average Bonchev–Trinajstić information content (AvgIpc) is 2.54. The molecule has 1 aliphatic rings. The maximum absolute atomic E-state index is 12.6. The van der Waals surface area contributed by atoms with Crippen LogP contribution in [0.25, 0.3) is 0 Å². The van der Waals surface area contributed by atoms with Crippen molar-refractivity contribution in [1.29, 1.82) is 0 Å². The molecule has 0 saturated carbocycles. The molecule has 2 aromatic carbocycles. The lowest BCUT2D eigenvalue weighted by Gasteiger charge is -2.25. The second-order valence-electron chi connectivity index (χ2n) is 5.38. The van der Waals surface area contributed by atoms with Gasteiger partial charge in [-0.2, -0.15) is 13.2 Å². The number of ether oxygens (including phenoxy) is 3. The molecule has 0 amide bonds. The SMILES string of the molecule is COc1c(Oc2ccc(C(F)(F)F)cc2)ccc2c1OCCC2N. The van der Waals surface area contributed by atoms with Gasteiger partial charge >= 0.3 is 6.18 Å². The average molecular weight is 339 g/mol. The van der Waals surface area contributed by atoms with Crippen molar-refractivity contribution in [3.63, 3.8) is 0 Å². The van der Waals surface area contributed by atoms with E-state index in [2.05, 4.69) is 0 Å². The van der Waals surface area contributed by atoms with Gasteiger partial charge in [0.2, 0.25) is 5.75 Å². The lowest BCUT2D eigenvalue weighted by atomic mass is 10.0. The maximum Gasteiger partial charge on any atom is 0.416 e. The van der Waals surface area contributed by atoms with Gasteiger partial charge in [0.1, 0.15) is 5.75 Å². The van der Waals surface area contributed by atoms with Crippen LogP contribution in [-0.4, -0.2) is 13.7 Å². The highest BCUT2D eigenvalue weighted by molar-refractivity contribution is 5.58. The Kier molecular flexibility index (Phi) is 4.28. The van der Waals surface area contributed by atoms with Gasteiger partial charge in [-0.05, 0) is 36.4 Å². The fourth-order valence-corrected chi connectivity index (χ4v) is 2.56. The van der Waals surface area contributed by atoms with Gasteiger partial charge in [0.05, 0.1) is 19.3 Å². The summed E-state index contributed by atoms with van der Waals surface area (Å²) in [5, 5.41) is 0. The standard InChI is InChI=1S/C17H16F3NO3/c1-22-16-14(7-6-12-13(21)8-9-23-15(12)16)24-11-4-2-10(3-5-11)17(18,19)20/h2-7,13H,8-9,21H2,1H3. The van der Waals surface area contributed by atoms with Crippen molar-refractivity contribution in [3.05, 3.63) is 47.5 Å². The van der Waals surface area contributed by atoms with Crippen molar-refractivity contribution in [2.45, 2.75) is 18.6 Å². The molecule has 2 N–H and O–H groups in total. The minimum absolute atomic E-state index is 0.150. The van der Waals surface area contributed by atoms with Crippen LogP contribution < -0.4 is 19.9 Å². The zero-order valence-corrected chi connectivity index (χ0v) is 12.9. The molecule has 2 aromatic rings. The van der Waals surface area contributed by atoms with E-state index in [4.69, 9.17) is 19.9 Å². The Balaban J connectivity index is 1.90. The van der Waals surface area contributed by atoms with E-state index < -0.39 is 11.7 Å². The van der Waals surface area contributed by atoms with Gasteiger partial charge in [-0.25, -0.2) is 0 Å². The third kappa shape index (κ3) is 3.12. The zero-order chi connectivity index (χ0) is 17.3. The van der Waals surface area contributed by atoms with Crippen LogP contribution in [0.2, 0.25) is 0 Å². The topological polar surface area (TPSA) is 53.7 Å². The zero-order valence-electron chi connectivity index (χ0n) is 12.9. The predicted molar refractivity (Wildman–Crippen MR) is 81.6 cm³/mol. The summed E-state index contributed by atoms with van der Waals surface area (Å²) in [5.74, 6) is 1.51. The Morgan fingerprint density at radius 3 is 2.46 bits per heavy atom. The van der Waals surface area contributed by atoms with Crippen LogP contribution in [0.3, 0.4) is 0 Å². The van der Waals surface area contributed by atoms with Crippen molar-refractivity contribution in [3.8, 4) is 23.0 Å². The first-order valence-corrected chi connectivity index (χ1v) is 7.34. The highest BCUT2D eigenvalue weighted by Gasteiger charge is 2.30. The van der Waals surface area contributed by atoms with Gasteiger partial charge in [0.15, 0.2) is 11.5 Å². The second-order valence-corrected chi connectivity index (χ2v) is 5.38. The lowest BCUT2D eigenvalue weighted by molar-refractivity contribution is -0.137. The summed E-state index contributed by atoms with van der Waals surface area (Å²) in [6.45, 7) is 0.467. The molecule has 4 nitrogen and oxygen atoms in total. The van der Waals surface area contributed by atoms with E-state index in [1.54, 1.807) is 12.1 Å². The van der Waals surface area contributed by atoms with Crippen LogP contribution >= 0.6 is 0 Å². The van der Waals surface area contributed by atoms with Gasteiger partial charge < -0.3 is 19.9 Å². The fourth-order valence-electron chi connectivity index (χ4n) is 2.56. The first-order chi connectivity index (χ1) is 11.4. The van der Waals surface area contributed by atoms with Gasteiger partial charge in [-0.3, -0.25) is 0 Å². The highest BCUT2D eigenvalue weighted by atomic mass is 19.4. The minimum Gasteiger partial charge on any atom is -0.490 e.